The number of aryl methyl sites for hydroxylation is 1. The SMILES string of the molecule is CCCc1ccccc1N1C(=O)CSC1c1cccc(NC(=O)c2ccc(Br)cc2)c1. The van der Waals surface area contributed by atoms with E-state index in [9.17, 15) is 9.59 Å². The molecule has 0 aliphatic carbocycles. The molecule has 1 fully saturated rings. The smallest absolute Gasteiger partial charge is 0.255 e. The Bertz CT molecular complexity index is 1100. The molecule has 1 N–H and O–H groups in total. The molecule has 0 radical (unpaired) electrons. The highest BCUT2D eigenvalue weighted by Gasteiger charge is 2.35. The van der Waals surface area contributed by atoms with Gasteiger partial charge in [-0.05, 0) is 60.0 Å². The van der Waals surface area contributed by atoms with Crippen molar-refractivity contribution in [2.24, 2.45) is 0 Å². The van der Waals surface area contributed by atoms with Crippen LogP contribution in [0.2, 0.25) is 0 Å². The Kier molecular flexibility index (Phi) is 6.78. The molecule has 158 valence electrons. The van der Waals surface area contributed by atoms with E-state index in [4.69, 9.17) is 0 Å². The van der Waals surface area contributed by atoms with Gasteiger partial charge >= 0.3 is 0 Å². The van der Waals surface area contributed by atoms with Crippen LogP contribution in [0.15, 0.2) is 77.3 Å². The second kappa shape index (κ2) is 9.71. The number of para-hydroxylation sites is 1. The summed E-state index contributed by atoms with van der Waals surface area (Å²) in [7, 11) is 0. The van der Waals surface area contributed by atoms with Crippen LogP contribution in [0.4, 0.5) is 11.4 Å². The minimum atomic E-state index is -0.162. The van der Waals surface area contributed by atoms with E-state index in [2.05, 4.69) is 34.2 Å². The number of anilines is 2. The molecule has 1 saturated heterocycles. The van der Waals surface area contributed by atoms with Crippen LogP contribution in [0.3, 0.4) is 0 Å². The maximum Gasteiger partial charge on any atom is 0.255 e. The zero-order valence-electron chi connectivity index (χ0n) is 17.2. The maximum absolute atomic E-state index is 12.8. The lowest BCUT2D eigenvalue weighted by molar-refractivity contribution is -0.115. The van der Waals surface area contributed by atoms with Crippen LogP contribution in [-0.4, -0.2) is 17.6 Å². The van der Waals surface area contributed by atoms with E-state index in [0.29, 0.717) is 17.0 Å². The summed E-state index contributed by atoms with van der Waals surface area (Å²) < 4.78 is 0.928. The number of rotatable bonds is 6. The van der Waals surface area contributed by atoms with Crippen molar-refractivity contribution in [1.29, 1.82) is 0 Å². The number of hydrogen-bond donors (Lipinski definition) is 1. The van der Waals surface area contributed by atoms with Crippen molar-refractivity contribution in [1.82, 2.24) is 0 Å². The van der Waals surface area contributed by atoms with Crippen molar-refractivity contribution in [2.75, 3.05) is 16.0 Å². The van der Waals surface area contributed by atoms with Crippen molar-refractivity contribution in [3.63, 3.8) is 0 Å². The Morgan fingerprint density at radius 3 is 2.65 bits per heavy atom. The van der Waals surface area contributed by atoms with Crippen LogP contribution in [0.5, 0.6) is 0 Å². The fraction of sp³-hybridized carbons (Fsp3) is 0.200. The van der Waals surface area contributed by atoms with E-state index in [1.165, 1.54) is 5.56 Å². The van der Waals surface area contributed by atoms with Gasteiger partial charge in [-0.15, -0.1) is 11.8 Å². The van der Waals surface area contributed by atoms with Gasteiger partial charge in [0.1, 0.15) is 5.37 Å². The number of carbonyl (C=O) groups excluding carboxylic acids is 2. The van der Waals surface area contributed by atoms with Crippen LogP contribution in [0, 0.1) is 0 Å². The van der Waals surface area contributed by atoms with Crippen molar-refractivity contribution < 1.29 is 9.59 Å². The Morgan fingerprint density at radius 2 is 1.87 bits per heavy atom. The summed E-state index contributed by atoms with van der Waals surface area (Å²) in [5.74, 6) is 0.397. The summed E-state index contributed by atoms with van der Waals surface area (Å²) in [4.78, 5) is 27.3. The van der Waals surface area contributed by atoms with Gasteiger partial charge in [0.15, 0.2) is 0 Å². The molecule has 31 heavy (non-hydrogen) atoms. The van der Waals surface area contributed by atoms with Crippen molar-refractivity contribution in [3.8, 4) is 0 Å². The van der Waals surface area contributed by atoms with Crippen molar-refractivity contribution in [2.45, 2.75) is 25.1 Å². The third kappa shape index (κ3) is 4.86. The fourth-order valence-electron chi connectivity index (χ4n) is 3.73. The first kappa shape index (κ1) is 21.7. The van der Waals surface area contributed by atoms with Gasteiger partial charge in [-0.25, -0.2) is 0 Å². The van der Waals surface area contributed by atoms with Crippen molar-refractivity contribution >= 4 is 50.9 Å². The molecule has 1 atom stereocenters. The molecule has 4 nitrogen and oxygen atoms in total. The first-order chi connectivity index (χ1) is 15.1. The number of nitrogens with one attached hydrogen (secondary N) is 1. The average molecular weight is 495 g/mol. The van der Waals surface area contributed by atoms with E-state index in [1.807, 2.05) is 59.5 Å². The summed E-state index contributed by atoms with van der Waals surface area (Å²) in [6.07, 6.45) is 1.95. The standard InChI is InChI=1S/C25H23BrN2O2S/c1-2-6-17-7-3-4-10-22(17)28-23(29)16-31-25(28)19-8-5-9-21(15-19)27-24(30)18-11-13-20(26)14-12-18/h3-5,7-15,25H,2,6,16H2,1H3,(H,27,30). The van der Waals surface area contributed by atoms with Gasteiger partial charge in [0.05, 0.1) is 5.75 Å². The molecule has 1 unspecified atom stereocenters. The molecule has 0 saturated carbocycles. The molecular weight excluding hydrogens is 472 g/mol. The van der Waals surface area contributed by atoms with Gasteiger partial charge in [-0.3, -0.25) is 14.5 Å². The molecule has 1 heterocycles. The Balaban J connectivity index is 1.60. The number of carbonyl (C=O) groups is 2. The first-order valence-corrected chi connectivity index (χ1v) is 12.1. The van der Waals surface area contributed by atoms with E-state index in [-0.39, 0.29) is 17.2 Å². The minimum absolute atomic E-state index is 0.114. The largest absolute Gasteiger partial charge is 0.322 e. The highest BCUT2D eigenvalue weighted by atomic mass is 79.9. The second-order valence-corrected chi connectivity index (χ2v) is 9.38. The topological polar surface area (TPSA) is 49.4 Å². The normalized spacial score (nSPS) is 15.9. The van der Waals surface area contributed by atoms with Gasteiger partial charge in [0.2, 0.25) is 5.91 Å². The zero-order valence-corrected chi connectivity index (χ0v) is 19.6. The lowest BCUT2D eigenvalue weighted by Crippen LogP contribution is -2.28. The number of thioether (sulfide) groups is 1. The predicted octanol–water partition coefficient (Wildman–Crippen LogP) is 6.43. The highest BCUT2D eigenvalue weighted by molar-refractivity contribution is 9.10. The van der Waals surface area contributed by atoms with Crippen LogP contribution in [0.1, 0.15) is 40.2 Å². The molecule has 4 rings (SSSR count). The van der Waals surface area contributed by atoms with Crippen LogP contribution in [-0.2, 0) is 11.2 Å². The van der Waals surface area contributed by atoms with E-state index in [1.54, 1.807) is 23.9 Å². The molecule has 2 amide bonds. The Morgan fingerprint density at radius 1 is 1.10 bits per heavy atom. The number of hydrogen-bond acceptors (Lipinski definition) is 3. The Labute approximate surface area is 195 Å². The molecule has 0 spiro atoms. The van der Waals surface area contributed by atoms with E-state index < -0.39 is 0 Å². The molecule has 1 aliphatic heterocycles. The summed E-state index contributed by atoms with van der Waals surface area (Å²) in [6.45, 7) is 2.15. The van der Waals surface area contributed by atoms with E-state index >= 15 is 0 Å². The quantitative estimate of drug-likeness (QED) is 0.429. The fourth-order valence-corrected chi connectivity index (χ4v) is 5.16. The lowest BCUT2D eigenvalue weighted by atomic mass is 10.1. The predicted molar refractivity (Wildman–Crippen MR) is 132 cm³/mol. The number of nitrogens with zero attached hydrogens (tertiary/aromatic N) is 1. The van der Waals surface area contributed by atoms with Gasteiger partial charge in [-0.1, -0.05) is 59.6 Å². The number of halogens is 1. The average Bonchev–Trinajstić information content (AvgIpc) is 3.16. The first-order valence-electron chi connectivity index (χ1n) is 10.2. The number of benzene rings is 3. The summed E-state index contributed by atoms with van der Waals surface area (Å²) >= 11 is 5.00. The molecule has 3 aromatic carbocycles. The lowest BCUT2D eigenvalue weighted by Gasteiger charge is -2.27. The number of amides is 2. The molecule has 0 bridgehead atoms. The van der Waals surface area contributed by atoms with Gasteiger partial charge in [0, 0.05) is 21.4 Å². The van der Waals surface area contributed by atoms with Gasteiger partial charge < -0.3 is 5.32 Å². The third-order valence-corrected chi connectivity index (χ3v) is 6.92. The van der Waals surface area contributed by atoms with Crippen LogP contribution >= 0.6 is 27.7 Å². The maximum atomic E-state index is 12.8. The van der Waals surface area contributed by atoms with Gasteiger partial charge in [0.25, 0.3) is 5.91 Å². The second-order valence-electron chi connectivity index (χ2n) is 7.39. The minimum Gasteiger partial charge on any atom is -0.322 e. The van der Waals surface area contributed by atoms with Crippen molar-refractivity contribution in [3.05, 3.63) is 94.0 Å². The Hall–Kier alpha value is -2.57. The van der Waals surface area contributed by atoms with Gasteiger partial charge in [-0.2, -0.15) is 0 Å². The highest BCUT2D eigenvalue weighted by Crippen LogP contribution is 2.43. The molecule has 0 aromatic heterocycles. The molecule has 1 aliphatic rings. The molecule has 6 heteroatoms. The monoisotopic (exact) mass is 494 g/mol. The van der Waals surface area contributed by atoms with Crippen LogP contribution < -0.4 is 10.2 Å². The third-order valence-electron chi connectivity index (χ3n) is 5.17. The molecular formula is C25H23BrN2O2S. The van der Waals surface area contributed by atoms with Crippen LogP contribution in [0.25, 0.3) is 0 Å². The molecule has 3 aromatic rings. The summed E-state index contributed by atoms with van der Waals surface area (Å²) in [6, 6.07) is 23.2. The van der Waals surface area contributed by atoms with E-state index in [0.717, 1.165) is 28.6 Å². The summed E-state index contributed by atoms with van der Waals surface area (Å²) in [5, 5.41) is 2.86. The zero-order chi connectivity index (χ0) is 21.8. The summed E-state index contributed by atoms with van der Waals surface area (Å²) in [5.41, 5.74) is 4.47.